The summed E-state index contributed by atoms with van der Waals surface area (Å²) in [5, 5.41) is 10.0. The molecule has 0 amide bonds. The zero-order chi connectivity index (χ0) is 15.0. The Morgan fingerprint density at radius 1 is 1.05 bits per heavy atom. The number of carboxylic acid groups (broad SMARTS) is 1. The molecule has 1 heterocycles. The molecule has 0 aliphatic rings. The third kappa shape index (κ3) is 2.33. The molecule has 0 fully saturated rings. The normalized spacial score (nSPS) is 10.8. The van der Waals surface area contributed by atoms with Gasteiger partial charge in [-0.1, -0.05) is 12.1 Å². The summed E-state index contributed by atoms with van der Waals surface area (Å²) in [7, 11) is 0. The molecular weight excluding hydrogens is 276 g/mol. The minimum absolute atomic E-state index is 0.0498. The van der Waals surface area contributed by atoms with Crippen LogP contribution >= 0.6 is 0 Å². The number of hydrogen-bond acceptors (Lipinski definition) is 2. The van der Waals surface area contributed by atoms with Gasteiger partial charge in [0.25, 0.3) is 0 Å². The van der Waals surface area contributed by atoms with Crippen molar-refractivity contribution in [3.05, 3.63) is 65.9 Å². The summed E-state index contributed by atoms with van der Waals surface area (Å²) in [6.45, 7) is 0. The number of fused-ring (bicyclic) bond motifs is 1. The van der Waals surface area contributed by atoms with Crippen LogP contribution in [0.2, 0.25) is 0 Å². The lowest BCUT2D eigenvalue weighted by Crippen LogP contribution is -2.01. The number of aromatic carboxylic acids is 1. The molecule has 0 unspecified atom stereocenters. The van der Waals surface area contributed by atoms with Crippen molar-refractivity contribution in [1.29, 1.82) is 0 Å². The largest absolute Gasteiger partial charge is 0.478 e. The van der Waals surface area contributed by atoms with E-state index in [-0.39, 0.29) is 16.7 Å². The Bertz CT molecular complexity index is 842. The van der Waals surface area contributed by atoms with Crippen LogP contribution in [0.25, 0.3) is 22.0 Å². The topological polar surface area (TPSA) is 50.2 Å². The van der Waals surface area contributed by atoms with Gasteiger partial charge < -0.3 is 5.11 Å². The van der Waals surface area contributed by atoms with Gasteiger partial charge in [-0.25, -0.2) is 13.6 Å². The van der Waals surface area contributed by atoms with Gasteiger partial charge in [-0.15, -0.1) is 0 Å². The molecule has 3 rings (SSSR count). The highest BCUT2D eigenvalue weighted by Gasteiger charge is 2.17. The van der Waals surface area contributed by atoms with E-state index >= 15 is 0 Å². The van der Waals surface area contributed by atoms with Crippen LogP contribution in [-0.2, 0) is 0 Å². The van der Waals surface area contributed by atoms with E-state index in [0.29, 0.717) is 10.9 Å². The number of aromatic nitrogens is 1. The highest BCUT2D eigenvalue weighted by atomic mass is 19.1. The number of carboxylic acids is 1. The van der Waals surface area contributed by atoms with Crippen molar-refractivity contribution in [2.75, 3.05) is 0 Å². The molecule has 0 spiro atoms. The second-order valence-corrected chi connectivity index (χ2v) is 4.53. The van der Waals surface area contributed by atoms with Gasteiger partial charge in [-0.2, -0.15) is 0 Å². The van der Waals surface area contributed by atoms with Gasteiger partial charge in [0.1, 0.15) is 11.6 Å². The number of hydrogen-bond donors (Lipinski definition) is 1. The van der Waals surface area contributed by atoms with Gasteiger partial charge in [-0.05, 0) is 29.8 Å². The van der Waals surface area contributed by atoms with Crippen LogP contribution in [0.3, 0.4) is 0 Å². The van der Waals surface area contributed by atoms with E-state index in [0.717, 1.165) is 18.2 Å². The lowest BCUT2D eigenvalue weighted by atomic mass is 9.96. The van der Waals surface area contributed by atoms with Gasteiger partial charge in [0.2, 0.25) is 0 Å². The van der Waals surface area contributed by atoms with Gasteiger partial charge in [0.15, 0.2) is 0 Å². The summed E-state index contributed by atoms with van der Waals surface area (Å²) in [6, 6.07) is 9.42. The maximum absolute atomic E-state index is 13.4. The minimum Gasteiger partial charge on any atom is -0.478 e. The van der Waals surface area contributed by atoms with Crippen LogP contribution in [0.15, 0.2) is 48.7 Å². The van der Waals surface area contributed by atoms with Crippen LogP contribution in [0.1, 0.15) is 10.4 Å². The monoisotopic (exact) mass is 285 g/mol. The summed E-state index contributed by atoms with van der Waals surface area (Å²) >= 11 is 0. The number of carbonyl (C=O) groups is 1. The molecule has 2 aromatic carbocycles. The highest BCUT2D eigenvalue weighted by Crippen LogP contribution is 2.32. The lowest BCUT2D eigenvalue weighted by molar-refractivity contribution is 0.0698. The second kappa shape index (κ2) is 4.94. The van der Waals surface area contributed by atoms with Crippen LogP contribution in [0.5, 0.6) is 0 Å². The van der Waals surface area contributed by atoms with E-state index in [1.807, 2.05) is 0 Å². The number of rotatable bonds is 2. The Morgan fingerprint density at radius 2 is 1.76 bits per heavy atom. The molecule has 0 aliphatic carbocycles. The Morgan fingerprint density at radius 3 is 2.43 bits per heavy atom. The van der Waals surface area contributed by atoms with E-state index in [2.05, 4.69) is 4.98 Å². The molecular formula is C16H9F2NO2. The fourth-order valence-electron chi connectivity index (χ4n) is 2.31. The molecule has 104 valence electrons. The summed E-state index contributed by atoms with van der Waals surface area (Å²) in [6.07, 6.45) is 1.51. The molecule has 0 radical (unpaired) electrons. The fourth-order valence-corrected chi connectivity index (χ4v) is 2.31. The molecule has 0 atom stereocenters. The molecule has 1 aromatic heterocycles. The van der Waals surface area contributed by atoms with E-state index in [4.69, 9.17) is 0 Å². The van der Waals surface area contributed by atoms with Crippen molar-refractivity contribution < 1.29 is 18.7 Å². The van der Waals surface area contributed by atoms with Crippen LogP contribution < -0.4 is 0 Å². The zero-order valence-electron chi connectivity index (χ0n) is 10.7. The molecule has 1 N–H and O–H groups in total. The first kappa shape index (κ1) is 13.2. The van der Waals surface area contributed by atoms with Crippen molar-refractivity contribution in [2.45, 2.75) is 0 Å². The first-order chi connectivity index (χ1) is 10.1. The summed E-state index contributed by atoms with van der Waals surface area (Å²) in [5.41, 5.74) is 0.696. The summed E-state index contributed by atoms with van der Waals surface area (Å²) < 4.78 is 26.9. The van der Waals surface area contributed by atoms with E-state index in [1.54, 1.807) is 18.2 Å². The van der Waals surface area contributed by atoms with Crippen molar-refractivity contribution in [3.8, 4) is 11.1 Å². The highest BCUT2D eigenvalue weighted by molar-refractivity contribution is 6.06. The molecule has 0 saturated heterocycles. The maximum atomic E-state index is 13.4. The number of halogens is 2. The fraction of sp³-hybridized carbons (Fsp3) is 0. The van der Waals surface area contributed by atoms with E-state index in [1.165, 1.54) is 12.3 Å². The molecule has 21 heavy (non-hydrogen) atoms. The third-order valence-electron chi connectivity index (χ3n) is 3.16. The zero-order valence-corrected chi connectivity index (χ0v) is 10.7. The Balaban J connectivity index is 2.43. The second-order valence-electron chi connectivity index (χ2n) is 4.53. The predicted octanol–water partition coefficient (Wildman–Crippen LogP) is 3.88. The quantitative estimate of drug-likeness (QED) is 0.777. The average Bonchev–Trinajstić information content (AvgIpc) is 2.44. The smallest absolute Gasteiger partial charge is 0.336 e. The maximum Gasteiger partial charge on any atom is 0.336 e. The summed E-state index contributed by atoms with van der Waals surface area (Å²) in [5.74, 6) is -2.72. The first-order valence-corrected chi connectivity index (χ1v) is 6.14. The number of benzene rings is 2. The molecule has 0 saturated carbocycles. The van der Waals surface area contributed by atoms with Crippen molar-refractivity contribution in [2.24, 2.45) is 0 Å². The Labute approximate surface area is 118 Å². The van der Waals surface area contributed by atoms with Gasteiger partial charge in [-0.3, -0.25) is 4.98 Å². The SMILES string of the molecule is O=C(O)c1ccc2cccnc2c1-c1cc(F)cc(F)c1. The van der Waals surface area contributed by atoms with Crippen LogP contribution in [-0.4, -0.2) is 16.1 Å². The first-order valence-electron chi connectivity index (χ1n) is 6.14. The van der Waals surface area contributed by atoms with Crippen molar-refractivity contribution >= 4 is 16.9 Å². The standard InChI is InChI=1S/C16H9F2NO2/c17-11-6-10(7-12(18)8-11)14-13(16(20)21)4-3-9-2-1-5-19-15(9)14/h1-8H,(H,20,21). The van der Waals surface area contributed by atoms with Crippen LogP contribution in [0, 0.1) is 11.6 Å². The van der Waals surface area contributed by atoms with Crippen LogP contribution in [0.4, 0.5) is 8.78 Å². The minimum atomic E-state index is -1.18. The average molecular weight is 285 g/mol. The van der Waals surface area contributed by atoms with Gasteiger partial charge in [0.05, 0.1) is 11.1 Å². The van der Waals surface area contributed by atoms with Crippen molar-refractivity contribution in [3.63, 3.8) is 0 Å². The third-order valence-corrected chi connectivity index (χ3v) is 3.16. The van der Waals surface area contributed by atoms with Gasteiger partial charge >= 0.3 is 5.97 Å². The molecule has 0 aliphatic heterocycles. The summed E-state index contributed by atoms with van der Waals surface area (Å²) in [4.78, 5) is 15.5. The Kier molecular flexibility index (Phi) is 3.10. The van der Waals surface area contributed by atoms with Crippen molar-refractivity contribution in [1.82, 2.24) is 4.98 Å². The molecule has 3 nitrogen and oxygen atoms in total. The van der Waals surface area contributed by atoms with E-state index in [9.17, 15) is 18.7 Å². The Hall–Kier alpha value is -2.82. The molecule has 0 bridgehead atoms. The molecule has 5 heteroatoms. The van der Waals surface area contributed by atoms with E-state index < -0.39 is 17.6 Å². The number of pyridine rings is 1. The van der Waals surface area contributed by atoms with Gasteiger partial charge in [0, 0.05) is 23.2 Å². The molecule has 3 aromatic rings. The lowest BCUT2D eigenvalue weighted by Gasteiger charge is -2.10. The number of nitrogens with zero attached hydrogens (tertiary/aromatic N) is 1. The predicted molar refractivity (Wildman–Crippen MR) is 74.1 cm³/mol.